The molecule has 0 aliphatic carbocycles. The number of nitrogens with one attached hydrogen (secondary N) is 3. The zero-order valence-electron chi connectivity index (χ0n) is 36.9. The molecule has 18 heteroatoms. The van der Waals surface area contributed by atoms with Crippen molar-refractivity contribution in [2.24, 2.45) is 17.1 Å². The van der Waals surface area contributed by atoms with E-state index >= 15 is 0 Å². The molecule has 2 rings (SSSR count). The number of Topliss-reactive ketones (excluding diaryl/α,β-unsaturated/α-hetero) is 1. The van der Waals surface area contributed by atoms with Crippen LogP contribution in [0.5, 0.6) is 0 Å². The normalized spacial score (nSPS) is 17.2. The molecular formula is C43H63N7O10S. The number of amides is 5. The number of nitrogens with two attached hydrogens (primary N) is 1. The fourth-order valence-electron chi connectivity index (χ4n) is 6.97. The zero-order chi connectivity index (χ0) is 46.6. The van der Waals surface area contributed by atoms with E-state index in [-0.39, 0.29) is 61.7 Å². The van der Waals surface area contributed by atoms with Crippen LogP contribution in [-0.2, 0) is 43.8 Å². The topological polar surface area (TPSA) is 250 Å². The van der Waals surface area contributed by atoms with E-state index in [1.54, 1.807) is 38.4 Å². The van der Waals surface area contributed by atoms with Gasteiger partial charge in [0.05, 0.1) is 23.9 Å². The first-order valence-corrected chi connectivity index (χ1v) is 21.2. The summed E-state index contributed by atoms with van der Waals surface area (Å²) in [5.74, 6) is -5.63. The van der Waals surface area contributed by atoms with Gasteiger partial charge in [-0.05, 0) is 38.1 Å². The molecule has 6 atom stereocenters. The summed E-state index contributed by atoms with van der Waals surface area (Å²) in [6.45, 7) is 21.8. The van der Waals surface area contributed by atoms with Crippen molar-refractivity contribution in [1.82, 2.24) is 25.8 Å². The van der Waals surface area contributed by atoms with Gasteiger partial charge in [-0.1, -0.05) is 84.4 Å². The number of benzene rings is 1. The van der Waals surface area contributed by atoms with E-state index in [1.165, 1.54) is 11.8 Å². The molecule has 1 aliphatic rings. The number of rotatable bonds is 23. The molecule has 1 aliphatic heterocycles. The minimum atomic E-state index is -1.41. The summed E-state index contributed by atoms with van der Waals surface area (Å²) in [5.41, 5.74) is 5.30. The first-order chi connectivity index (χ1) is 28.3. The highest BCUT2D eigenvalue weighted by Gasteiger charge is 2.42. The summed E-state index contributed by atoms with van der Waals surface area (Å²) in [7, 11) is 3.23. The van der Waals surface area contributed by atoms with Gasteiger partial charge in [-0.15, -0.1) is 11.8 Å². The molecule has 0 saturated carbocycles. The highest BCUT2D eigenvalue weighted by Crippen LogP contribution is 2.31. The largest absolute Gasteiger partial charge is 0.480 e. The number of carbonyl (C=O) groups is 8. The summed E-state index contributed by atoms with van der Waals surface area (Å²) in [6, 6.07) is 2.00. The average Bonchev–Trinajstić information content (AvgIpc) is 3.45. The van der Waals surface area contributed by atoms with Gasteiger partial charge in [-0.3, -0.25) is 38.5 Å². The summed E-state index contributed by atoms with van der Waals surface area (Å²) >= 11 is 0.991. The number of carboxylic acids is 2. The smallest absolute Gasteiger partial charge is 0.326 e. The molecule has 61 heavy (non-hydrogen) atoms. The van der Waals surface area contributed by atoms with Crippen molar-refractivity contribution in [3.8, 4) is 0 Å². The number of aliphatic carboxylic acids is 2. The number of ketones is 1. The number of nitrogens with zero attached hydrogens (tertiary/aromatic N) is 3. The van der Waals surface area contributed by atoms with E-state index in [1.807, 2.05) is 54.5 Å². The van der Waals surface area contributed by atoms with E-state index in [2.05, 4.69) is 20.8 Å². The van der Waals surface area contributed by atoms with Crippen LogP contribution >= 0.6 is 11.8 Å². The van der Waals surface area contributed by atoms with Crippen LogP contribution in [0.4, 0.5) is 5.69 Å². The molecule has 7 N–H and O–H groups in total. The first kappa shape index (κ1) is 52.0. The maximum Gasteiger partial charge on any atom is 0.326 e. The minimum Gasteiger partial charge on any atom is -0.480 e. The lowest BCUT2D eigenvalue weighted by atomic mass is 9.76. The Morgan fingerprint density at radius 3 is 2.21 bits per heavy atom. The van der Waals surface area contributed by atoms with Crippen LogP contribution in [0.15, 0.2) is 35.9 Å². The summed E-state index contributed by atoms with van der Waals surface area (Å²) in [6.07, 6.45) is 1.15. The van der Waals surface area contributed by atoms with Crippen LogP contribution in [0.1, 0.15) is 93.1 Å². The molecule has 1 unspecified atom stereocenters. The SMILES string of the molecule is [C-]#[N+]c1cccc(C(C)(C)[C@H](NC)C(=O)N[C@H](C(=O)N(C)[C@H](/C=C(\C)C(=O)N[C@H](CCC(=O)CCCN2C(=O)CC(SC[C@H](N)C(=O)O)C2=O)C(=O)O)C(C)C)C(C)(C)C)c1. The van der Waals surface area contributed by atoms with Crippen molar-refractivity contribution in [3.05, 3.63) is 52.9 Å². The highest BCUT2D eigenvalue weighted by molar-refractivity contribution is 8.00. The Balaban J connectivity index is 2.10. The molecule has 1 heterocycles. The fourth-order valence-corrected chi connectivity index (χ4v) is 8.09. The molecule has 0 bridgehead atoms. The third-order valence-corrected chi connectivity index (χ3v) is 12.1. The number of likely N-dealkylation sites (N-methyl/N-ethyl adjacent to an activating group) is 2. The monoisotopic (exact) mass is 869 g/mol. The molecule has 17 nitrogen and oxygen atoms in total. The van der Waals surface area contributed by atoms with Gasteiger partial charge in [0, 0.05) is 49.6 Å². The maximum atomic E-state index is 14.3. The van der Waals surface area contributed by atoms with E-state index < -0.39 is 87.8 Å². The van der Waals surface area contributed by atoms with Crippen LogP contribution in [-0.4, -0.2) is 129 Å². The molecular weight excluding hydrogens is 807 g/mol. The molecule has 0 aromatic heterocycles. The van der Waals surface area contributed by atoms with Crippen LogP contribution in [0.3, 0.4) is 0 Å². The van der Waals surface area contributed by atoms with Crippen molar-refractivity contribution in [1.29, 1.82) is 0 Å². The maximum absolute atomic E-state index is 14.3. The van der Waals surface area contributed by atoms with Gasteiger partial charge < -0.3 is 36.8 Å². The summed E-state index contributed by atoms with van der Waals surface area (Å²) in [4.78, 5) is 109. The van der Waals surface area contributed by atoms with Gasteiger partial charge in [-0.25, -0.2) is 9.64 Å². The number of imide groups is 1. The number of carbonyl (C=O) groups excluding carboxylic acids is 6. The van der Waals surface area contributed by atoms with Crippen LogP contribution < -0.4 is 21.7 Å². The Kier molecular flexibility index (Phi) is 19.3. The lowest BCUT2D eigenvalue weighted by Crippen LogP contribution is -2.61. The number of hydrogen-bond donors (Lipinski definition) is 6. The Labute approximate surface area is 362 Å². The Morgan fingerprint density at radius 1 is 1.03 bits per heavy atom. The van der Waals surface area contributed by atoms with Gasteiger partial charge in [0.2, 0.25) is 29.5 Å². The standard InChI is InChI=1S/C43H63N7O10S/c1-24(2)31(49(11)39(56)35(42(4,5)6)48-37(54)34(46-10)43(7,8)26-14-12-15-27(21-26)45-9)20-25(3)36(53)47-30(41(59)60)18-17-28(51)16-13-19-50-33(52)22-32(38(50)55)61-23-29(44)40(57)58/h12,14-15,20-21,24,29-32,34-35,46H,13,16-19,22-23,44H2,1-8,10-11H3,(H,47,53)(H,48,54)(H,57,58)(H,59,60)/b25-20+/t29-,30+,31+,32?,34+,35+/m0/s1. The van der Waals surface area contributed by atoms with Crippen molar-refractivity contribution in [2.75, 3.05) is 26.4 Å². The lowest BCUT2D eigenvalue weighted by molar-refractivity contribution is -0.142. The first-order valence-electron chi connectivity index (χ1n) is 20.2. The quantitative estimate of drug-likeness (QED) is 0.0527. The second-order valence-corrected chi connectivity index (χ2v) is 18.6. The van der Waals surface area contributed by atoms with Crippen LogP contribution in [0.2, 0.25) is 0 Å². The van der Waals surface area contributed by atoms with Crippen LogP contribution in [0, 0.1) is 17.9 Å². The van der Waals surface area contributed by atoms with Crippen molar-refractivity contribution >= 4 is 64.7 Å². The van der Waals surface area contributed by atoms with Crippen LogP contribution in [0.25, 0.3) is 4.85 Å². The third-order valence-electron chi connectivity index (χ3n) is 10.8. The second-order valence-electron chi connectivity index (χ2n) is 17.3. The van der Waals surface area contributed by atoms with Crippen molar-refractivity contribution in [3.63, 3.8) is 0 Å². The predicted molar refractivity (Wildman–Crippen MR) is 231 cm³/mol. The van der Waals surface area contributed by atoms with E-state index in [0.29, 0.717) is 5.69 Å². The average molecular weight is 870 g/mol. The van der Waals surface area contributed by atoms with E-state index in [4.69, 9.17) is 17.4 Å². The minimum absolute atomic E-state index is 0.0278. The Hall–Kier alpha value is -5.12. The third kappa shape index (κ3) is 14.5. The fraction of sp³-hybridized carbons (Fsp3) is 0.605. The van der Waals surface area contributed by atoms with E-state index in [0.717, 1.165) is 22.2 Å². The number of likely N-dealkylation sites (tertiary alicyclic amines) is 1. The Bertz CT molecular complexity index is 1890. The van der Waals surface area contributed by atoms with Crippen molar-refractivity contribution in [2.45, 2.75) is 128 Å². The molecule has 1 aromatic carbocycles. The molecule has 0 radical (unpaired) electrons. The van der Waals surface area contributed by atoms with Gasteiger partial charge >= 0.3 is 11.9 Å². The molecule has 1 saturated heterocycles. The molecule has 1 fully saturated rings. The number of hydrogen-bond acceptors (Lipinski definition) is 11. The molecule has 336 valence electrons. The number of carboxylic acid groups (broad SMARTS) is 2. The Morgan fingerprint density at radius 2 is 1.67 bits per heavy atom. The van der Waals surface area contributed by atoms with Gasteiger partial charge in [0.15, 0.2) is 5.69 Å². The molecule has 5 amide bonds. The zero-order valence-corrected chi connectivity index (χ0v) is 37.7. The van der Waals surface area contributed by atoms with Gasteiger partial charge in [-0.2, -0.15) is 0 Å². The molecule has 1 aromatic rings. The number of thioether (sulfide) groups is 1. The summed E-state index contributed by atoms with van der Waals surface area (Å²) in [5, 5.41) is 26.6. The van der Waals surface area contributed by atoms with Gasteiger partial charge in [0.25, 0.3) is 0 Å². The van der Waals surface area contributed by atoms with Crippen molar-refractivity contribution < 1.29 is 48.6 Å². The van der Waals surface area contributed by atoms with E-state index in [9.17, 15) is 43.5 Å². The second kappa shape index (κ2) is 22.6. The highest BCUT2D eigenvalue weighted by atomic mass is 32.2. The predicted octanol–water partition coefficient (Wildman–Crippen LogP) is 3.03. The van der Waals surface area contributed by atoms with Gasteiger partial charge in [0.1, 0.15) is 23.9 Å². The lowest BCUT2D eigenvalue weighted by Gasteiger charge is -2.40. The molecule has 0 spiro atoms. The summed E-state index contributed by atoms with van der Waals surface area (Å²) < 4.78 is 0.